The molecule has 0 atom stereocenters. The van der Waals surface area contributed by atoms with Crippen LogP contribution in [-0.4, -0.2) is 50.6 Å². The molecule has 5 nitrogen and oxygen atoms in total. The summed E-state index contributed by atoms with van der Waals surface area (Å²) in [5, 5.41) is 2.95. The second-order valence-corrected chi connectivity index (χ2v) is 6.65. The topological polar surface area (TPSA) is 44.8 Å². The molecule has 0 bridgehead atoms. The summed E-state index contributed by atoms with van der Waals surface area (Å²) < 4.78 is 19.0. The van der Waals surface area contributed by atoms with Gasteiger partial charge in [0.25, 0.3) is 0 Å². The van der Waals surface area contributed by atoms with Gasteiger partial charge in [0.1, 0.15) is 11.6 Å². The maximum Gasteiger partial charge on any atom is 0.221 e. The Morgan fingerprint density at radius 3 is 2.44 bits per heavy atom. The number of benzene rings is 2. The van der Waals surface area contributed by atoms with E-state index in [1.165, 1.54) is 6.07 Å². The number of methoxy groups -OCH3 is 1. The van der Waals surface area contributed by atoms with Crippen LogP contribution in [0.4, 0.5) is 10.1 Å². The lowest BCUT2D eigenvalue weighted by molar-refractivity contribution is -0.121. The van der Waals surface area contributed by atoms with Gasteiger partial charge in [-0.2, -0.15) is 0 Å². The summed E-state index contributed by atoms with van der Waals surface area (Å²) >= 11 is 0. The smallest absolute Gasteiger partial charge is 0.221 e. The third-order valence-corrected chi connectivity index (χ3v) is 4.87. The van der Waals surface area contributed by atoms with Gasteiger partial charge in [-0.05, 0) is 29.8 Å². The van der Waals surface area contributed by atoms with E-state index in [0.29, 0.717) is 18.7 Å². The van der Waals surface area contributed by atoms with Crippen molar-refractivity contribution in [3.05, 3.63) is 59.9 Å². The van der Waals surface area contributed by atoms with Gasteiger partial charge in [-0.15, -0.1) is 0 Å². The number of nitrogens with one attached hydrogen (secondary N) is 1. The fraction of sp³-hybridized carbons (Fsp3) is 0.381. The van der Waals surface area contributed by atoms with Crippen LogP contribution in [0.1, 0.15) is 12.0 Å². The van der Waals surface area contributed by atoms with Gasteiger partial charge in [0.2, 0.25) is 5.91 Å². The largest absolute Gasteiger partial charge is 0.497 e. The second-order valence-electron chi connectivity index (χ2n) is 6.65. The number of hydrogen-bond acceptors (Lipinski definition) is 4. The Morgan fingerprint density at radius 2 is 1.78 bits per heavy atom. The predicted molar refractivity (Wildman–Crippen MR) is 105 cm³/mol. The number of carbonyl (C=O) groups is 1. The fourth-order valence-electron chi connectivity index (χ4n) is 3.21. The first-order chi connectivity index (χ1) is 13.2. The lowest BCUT2D eigenvalue weighted by atomic mass is 10.2. The van der Waals surface area contributed by atoms with E-state index >= 15 is 0 Å². The zero-order chi connectivity index (χ0) is 19.1. The summed E-state index contributed by atoms with van der Waals surface area (Å²) in [6.45, 7) is 4.45. The van der Waals surface area contributed by atoms with Gasteiger partial charge < -0.3 is 15.0 Å². The summed E-state index contributed by atoms with van der Waals surface area (Å²) in [5.41, 5.74) is 1.71. The van der Waals surface area contributed by atoms with Crippen LogP contribution in [0.3, 0.4) is 0 Å². The van der Waals surface area contributed by atoms with Crippen LogP contribution in [-0.2, 0) is 11.3 Å². The first kappa shape index (κ1) is 19.2. The van der Waals surface area contributed by atoms with E-state index in [4.69, 9.17) is 4.74 Å². The minimum absolute atomic E-state index is 0.0438. The van der Waals surface area contributed by atoms with E-state index in [-0.39, 0.29) is 11.7 Å². The minimum Gasteiger partial charge on any atom is -0.497 e. The van der Waals surface area contributed by atoms with Gasteiger partial charge in [0, 0.05) is 45.7 Å². The Bertz CT molecular complexity index is 743. The van der Waals surface area contributed by atoms with E-state index in [2.05, 4.69) is 15.1 Å². The molecule has 0 aliphatic carbocycles. The van der Waals surface area contributed by atoms with Crippen LogP contribution in [0.25, 0.3) is 0 Å². The molecule has 1 fully saturated rings. The monoisotopic (exact) mass is 371 g/mol. The Hall–Kier alpha value is -2.60. The van der Waals surface area contributed by atoms with E-state index in [0.717, 1.165) is 44.0 Å². The summed E-state index contributed by atoms with van der Waals surface area (Å²) in [6.07, 6.45) is 0.468. The van der Waals surface area contributed by atoms with Crippen molar-refractivity contribution in [2.75, 3.05) is 44.7 Å². The van der Waals surface area contributed by atoms with Crippen molar-refractivity contribution in [3.8, 4) is 5.75 Å². The molecule has 2 aromatic carbocycles. The van der Waals surface area contributed by atoms with Gasteiger partial charge in [0.05, 0.1) is 12.8 Å². The average Bonchev–Trinajstić information content (AvgIpc) is 2.72. The molecule has 0 saturated carbocycles. The molecule has 0 unspecified atom stereocenters. The minimum atomic E-state index is -0.177. The molecule has 1 saturated heterocycles. The van der Waals surface area contributed by atoms with Crippen LogP contribution >= 0.6 is 0 Å². The average molecular weight is 371 g/mol. The molecular formula is C21H26FN3O2. The zero-order valence-corrected chi connectivity index (χ0v) is 15.7. The van der Waals surface area contributed by atoms with Crippen LogP contribution in [0.15, 0.2) is 48.5 Å². The summed E-state index contributed by atoms with van der Waals surface area (Å²) in [6, 6.07) is 14.5. The predicted octanol–water partition coefficient (Wildman–Crippen LogP) is 2.66. The molecule has 1 aliphatic heterocycles. The molecule has 3 rings (SSSR count). The standard InChI is InChI=1S/C21H26FN3O2/c1-27-18-8-6-17(7-9-18)16-23-21(26)10-11-24-12-14-25(15-13-24)20-5-3-2-4-19(20)22/h2-9H,10-16H2,1H3,(H,23,26). The number of para-hydroxylation sites is 1. The highest BCUT2D eigenvalue weighted by Crippen LogP contribution is 2.20. The van der Waals surface area contributed by atoms with Crippen molar-refractivity contribution in [1.82, 2.24) is 10.2 Å². The van der Waals surface area contributed by atoms with Crippen molar-refractivity contribution in [3.63, 3.8) is 0 Å². The van der Waals surface area contributed by atoms with Gasteiger partial charge >= 0.3 is 0 Å². The highest BCUT2D eigenvalue weighted by atomic mass is 19.1. The quantitative estimate of drug-likeness (QED) is 0.813. The van der Waals surface area contributed by atoms with Crippen molar-refractivity contribution < 1.29 is 13.9 Å². The van der Waals surface area contributed by atoms with Gasteiger partial charge in [-0.1, -0.05) is 24.3 Å². The van der Waals surface area contributed by atoms with Crippen molar-refractivity contribution >= 4 is 11.6 Å². The SMILES string of the molecule is COc1ccc(CNC(=O)CCN2CCN(c3ccccc3F)CC2)cc1. The number of piperazine rings is 1. The molecule has 0 spiro atoms. The zero-order valence-electron chi connectivity index (χ0n) is 15.7. The summed E-state index contributed by atoms with van der Waals surface area (Å²) in [7, 11) is 1.63. The maximum atomic E-state index is 13.9. The van der Waals surface area contributed by atoms with Gasteiger partial charge in [-0.25, -0.2) is 4.39 Å². The number of carbonyl (C=O) groups excluding carboxylic acids is 1. The number of hydrogen-bond donors (Lipinski definition) is 1. The van der Waals surface area contributed by atoms with Crippen molar-refractivity contribution in [2.24, 2.45) is 0 Å². The molecule has 27 heavy (non-hydrogen) atoms. The normalized spacial score (nSPS) is 14.8. The number of nitrogens with zero attached hydrogens (tertiary/aromatic N) is 2. The summed E-state index contributed by atoms with van der Waals surface area (Å²) in [4.78, 5) is 16.4. The Labute approximate surface area is 159 Å². The van der Waals surface area contributed by atoms with E-state index in [1.807, 2.05) is 36.4 Å². The molecular weight excluding hydrogens is 345 g/mol. The van der Waals surface area contributed by atoms with E-state index in [9.17, 15) is 9.18 Å². The first-order valence-electron chi connectivity index (χ1n) is 9.27. The first-order valence-corrected chi connectivity index (χ1v) is 9.27. The number of anilines is 1. The van der Waals surface area contributed by atoms with E-state index < -0.39 is 0 Å². The molecule has 144 valence electrons. The Balaban J connectivity index is 1.37. The number of halogens is 1. The van der Waals surface area contributed by atoms with Crippen molar-refractivity contribution in [1.29, 1.82) is 0 Å². The number of amides is 1. The Kier molecular flexibility index (Phi) is 6.65. The van der Waals surface area contributed by atoms with Crippen LogP contribution in [0, 0.1) is 5.82 Å². The highest BCUT2D eigenvalue weighted by molar-refractivity contribution is 5.76. The summed E-state index contributed by atoms with van der Waals surface area (Å²) in [5.74, 6) is 0.672. The second kappa shape index (κ2) is 9.37. The molecule has 0 radical (unpaired) electrons. The van der Waals surface area contributed by atoms with E-state index in [1.54, 1.807) is 13.2 Å². The molecule has 6 heteroatoms. The third-order valence-electron chi connectivity index (χ3n) is 4.87. The van der Waals surface area contributed by atoms with Gasteiger partial charge in [0.15, 0.2) is 0 Å². The molecule has 0 aromatic heterocycles. The van der Waals surface area contributed by atoms with Crippen molar-refractivity contribution in [2.45, 2.75) is 13.0 Å². The fourth-order valence-corrected chi connectivity index (χ4v) is 3.21. The lowest BCUT2D eigenvalue weighted by Crippen LogP contribution is -2.47. The number of ether oxygens (including phenoxy) is 1. The van der Waals surface area contributed by atoms with Crippen LogP contribution in [0.5, 0.6) is 5.75 Å². The molecule has 1 amide bonds. The maximum absolute atomic E-state index is 13.9. The molecule has 2 aromatic rings. The number of rotatable bonds is 7. The molecule has 1 aliphatic rings. The third kappa shape index (κ3) is 5.44. The Morgan fingerprint density at radius 1 is 1.07 bits per heavy atom. The molecule has 1 heterocycles. The van der Waals surface area contributed by atoms with Gasteiger partial charge in [-0.3, -0.25) is 9.69 Å². The van der Waals surface area contributed by atoms with Crippen LogP contribution < -0.4 is 15.0 Å². The van der Waals surface area contributed by atoms with Crippen LogP contribution in [0.2, 0.25) is 0 Å². The lowest BCUT2D eigenvalue weighted by Gasteiger charge is -2.36. The molecule has 1 N–H and O–H groups in total. The highest BCUT2D eigenvalue weighted by Gasteiger charge is 2.19.